The lowest BCUT2D eigenvalue weighted by Gasteiger charge is -2.20. The van der Waals surface area contributed by atoms with Crippen molar-refractivity contribution in [1.29, 1.82) is 0 Å². The van der Waals surface area contributed by atoms with Gasteiger partial charge in [0.15, 0.2) is 0 Å². The Kier molecular flexibility index (Phi) is 4.49. The Morgan fingerprint density at radius 1 is 1.30 bits per heavy atom. The maximum absolute atomic E-state index is 6.04. The lowest BCUT2D eigenvalue weighted by atomic mass is 9.90. The molecule has 2 aromatic heterocycles. The van der Waals surface area contributed by atoms with E-state index in [-0.39, 0.29) is 12.0 Å². The van der Waals surface area contributed by atoms with Crippen LogP contribution in [0, 0.1) is 5.92 Å². The van der Waals surface area contributed by atoms with Gasteiger partial charge < -0.3 is 10.3 Å². The van der Waals surface area contributed by atoms with Crippen molar-refractivity contribution in [2.75, 3.05) is 0 Å². The fourth-order valence-electron chi connectivity index (χ4n) is 2.52. The number of hydrogen-bond donors (Lipinski definition) is 1. The molecule has 108 valence electrons. The molecule has 0 fully saturated rings. The van der Waals surface area contributed by atoms with Crippen LogP contribution in [0.1, 0.15) is 45.1 Å². The first-order valence-electron chi connectivity index (χ1n) is 7.07. The third-order valence-corrected chi connectivity index (χ3v) is 3.54. The molecule has 5 nitrogen and oxygen atoms in total. The Morgan fingerprint density at radius 2 is 2.05 bits per heavy atom. The van der Waals surface area contributed by atoms with E-state index in [0.29, 0.717) is 17.6 Å². The van der Waals surface area contributed by atoms with Gasteiger partial charge in [0.05, 0.1) is 5.92 Å². The normalized spacial score (nSPS) is 14.5. The average Bonchev–Trinajstić information content (AvgIpc) is 2.87. The summed E-state index contributed by atoms with van der Waals surface area (Å²) in [6, 6.07) is 1.90. The van der Waals surface area contributed by atoms with Crippen LogP contribution in [0.3, 0.4) is 0 Å². The van der Waals surface area contributed by atoms with Crippen LogP contribution >= 0.6 is 0 Å². The first-order chi connectivity index (χ1) is 9.54. The lowest BCUT2D eigenvalue weighted by Crippen LogP contribution is -2.28. The van der Waals surface area contributed by atoms with Crippen LogP contribution in [0.25, 0.3) is 11.4 Å². The molecule has 2 heterocycles. The summed E-state index contributed by atoms with van der Waals surface area (Å²) >= 11 is 0. The maximum Gasteiger partial charge on any atom is 0.231 e. The van der Waals surface area contributed by atoms with E-state index in [2.05, 4.69) is 35.9 Å². The minimum Gasteiger partial charge on any atom is -0.339 e. The summed E-state index contributed by atoms with van der Waals surface area (Å²) in [5.41, 5.74) is 8.13. The Hall–Kier alpha value is -1.75. The fourth-order valence-corrected chi connectivity index (χ4v) is 2.52. The summed E-state index contributed by atoms with van der Waals surface area (Å²) in [4.78, 5) is 8.68. The van der Waals surface area contributed by atoms with Crippen LogP contribution in [0.15, 0.2) is 23.0 Å². The molecule has 2 N–H and O–H groups in total. The van der Waals surface area contributed by atoms with Crippen LogP contribution in [0.2, 0.25) is 0 Å². The number of nitrogens with two attached hydrogens (primary N) is 1. The molecule has 2 aromatic rings. The molecule has 2 rings (SSSR count). The van der Waals surface area contributed by atoms with Gasteiger partial charge in [-0.2, -0.15) is 4.98 Å². The SMILES string of the molecule is CCc1cnccc1-c1noc(C(C(C)C)C(C)N)n1. The monoisotopic (exact) mass is 274 g/mol. The molecular weight excluding hydrogens is 252 g/mol. The summed E-state index contributed by atoms with van der Waals surface area (Å²) in [5, 5.41) is 4.11. The highest BCUT2D eigenvalue weighted by molar-refractivity contribution is 5.58. The van der Waals surface area contributed by atoms with E-state index in [1.807, 2.05) is 19.2 Å². The van der Waals surface area contributed by atoms with E-state index in [1.165, 1.54) is 0 Å². The second-order valence-corrected chi connectivity index (χ2v) is 5.47. The Morgan fingerprint density at radius 3 is 2.65 bits per heavy atom. The highest BCUT2D eigenvalue weighted by atomic mass is 16.5. The number of rotatable bonds is 5. The molecule has 5 heteroatoms. The highest BCUT2D eigenvalue weighted by Crippen LogP contribution is 2.28. The lowest BCUT2D eigenvalue weighted by molar-refractivity contribution is 0.300. The van der Waals surface area contributed by atoms with Crippen molar-refractivity contribution in [2.45, 2.75) is 46.1 Å². The van der Waals surface area contributed by atoms with Gasteiger partial charge in [0, 0.05) is 24.0 Å². The molecule has 0 radical (unpaired) electrons. The van der Waals surface area contributed by atoms with Crippen LogP contribution in [0.4, 0.5) is 0 Å². The van der Waals surface area contributed by atoms with Crippen molar-refractivity contribution in [1.82, 2.24) is 15.1 Å². The largest absolute Gasteiger partial charge is 0.339 e. The molecule has 0 amide bonds. The van der Waals surface area contributed by atoms with E-state index >= 15 is 0 Å². The van der Waals surface area contributed by atoms with E-state index in [0.717, 1.165) is 17.5 Å². The smallest absolute Gasteiger partial charge is 0.231 e. The van der Waals surface area contributed by atoms with Crippen molar-refractivity contribution in [3.63, 3.8) is 0 Å². The molecule has 20 heavy (non-hydrogen) atoms. The fraction of sp³-hybridized carbons (Fsp3) is 0.533. The molecule has 0 aliphatic carbocycles. The summed E-state index contributed by atoms with van der Waals surface area (Å²) in [6.45, 7) is 8.28. The van der Waals surface area contributed by atoms with Crippen LogP contribution in [-0.4, -0.2) is 21.2 Å². The molecule has 0 aliphatic rings. The molecule has 2 unspecified atom stereocenters. The van der Waals surface area contributed by atoms with Crippen LogP contribution in [-0.2, 0) is 6.42 Å². The van der Waals surface area contributed by atoms with Crippen molar-refractivity contribution < 1.29 is 4.52 Å². The van der Waals surface area contributed by atoms with Gasteiger partial charge in [-0.15, -0.1) is 0 Å². The van der Waals surface area contributed by atoms with Gasteiger partial charge in [-0.3, -0.25) is 4.98 Å². The van der Waals surface area contributed by atoms with Gasteiger partial charge in [0.25, 0.3) is 0 Å². The van der Waals surface area contributed by atoms with E-state index in [1.54, 1.807) is 6.20 Å². The van der Waals surface area contributed by atoms with Gasteiger partial charge >= 0.3 is 0 Å². The summed E-state index contributed by atoms with van der Waals surface area (Å²) in [7, 11) is 0. The zero-order valence-electron chi connectivity index (χ0n) is 12.5. The number of pyridine rings is 1. The molecule has 0 aliphatic heterocycles. The third-order valence-electron chi connectivity index (χ3n) is 3.54. The summed E-state index contributed by atoms with van der Waals surface area (Å²) < 4.78 is 5.44. The van der Waals surface area contributed by atoms with Gasteiger partial charge in [0.2, 0.25) is 11.7 Å². The van der Waals surface area contributed by atoms with Crippen LogP contribution in [0.5, 0.6) is 0 Å². The number of aryl methyl sites for hydroxylation is 1. The zero-order chi connectivity index (χ0) is 14.7. The molecule has 0 saturated carbocycles. The Labute approximate surface area is 119 Å². The minimum absolute atomic E-state index is 0.0219. The van der Waals surface area contributed by atoms with Crippen molar-refractivity contribution in [2.24, 2.45) is 11.7 Å². The van der Waals surface area contributed by atoms with Crippen LogP contribution < -0.4 is 5.73 Å². The topological polar surface area (TPSA) is 77.8 Å². The predicted molar refractivity (Wildman–Crippen MR) is 78.1 cm³/mol. The Bertz CT molecular complexity index is 555. The number of hydrogen-bond acceptors (Lipinski definition) is 5. The average molecular weight is 274 g/mol. The van der Waals surface area contributed by atoms with E-state index in [4.69, 9.17) is 10.3 Å². The molecular formula is C15H22N4O. The standard InChI is InChI=1S/C15H22N4O/c1-5-11-8-17-7-6-12(11)14-18-15(20-19-14)13(9(2)3)10(4)16/h6-10,13H,5,16H2,1-4H3. The molecule has 0 aromatic carbocycles. The third kappa shape index (κ3) is 2.88. The highest BCUT2D eigenvalue weighted by Gasteiger charge is 2.26. The zero-order valence-corrected chi connectivity index (χ0v) is 12.5. The van der Waals surface area contributed by atoms with Gasteiger partial charge in [-0.1, -0.05) is 25.9 Å². The first-order valence-corrected chi connectivity index (χ1v) is 7.07. The second kappa shape index (κ2) is 6.13. The maximum atomic E-state index is 6.04. The van der Waals surface area contributed by atoms with Crippen molar-refractivity contribution >= 4 is 0 Å². The second-order valence-electron chi connectivity index (χ2n) is 5.47. The molecule has 0 bridgehead atoms. The number of aromatic nitrogens is 3. The minimum atomic E-state index is -0.0219. The Balaban J connectivity index is 2.37. The van der Waals surface area contributed by atoms with Crippen molar-refractivity contribution in [3.8, 4) is 11.4 Å². The van der Waals surface area contributed by atoms with E-state index < -0.39 is 0 Å². The predicted octanol–water partition coefficient (Wildman–Crippen LogP) is 2.78. The molecule has 2 atom stereocenters. The first kappa shape index (κ1) is 14.7. The summed E-state index contributed by atoms with van der Waals surface area (Å²) in [6.07, 6.45) is 4.47. The molecule has 0 saturated heterocycles. The quantitative estimate of drug-likeness (QED) is 0.907. The van der Waals surface area contributed by atoms with Gasteiger partial charge in [-0.25, -0.2) is 0 Å². The van der Waals surface area contributed by atoms with Crippen molar-refractivity contribution in [3.05, 3.63) is 29.9 Å². The van der Waals surface area contributed by atoms with Gasteiger partial charge in [-0.05, 0) is 30.9 Å². The van der Waals surface area contributed by atoms with Gasteiger partial charge in [0.1, 0.15) is 0 Å². The summed E-state index contributed by atoms with van der Waals surface area (Å²) in [5.74, 6) is 1.66. The molecule has 0 spiro atoms. The van der Waals surface area contributed by atoms with E-state index in [9.17, 15) is 0 Å². The number of nitrogens with zero attached hydrogens (tertiary/aromatic N) is 3.